The van der Waals surface area contributed by atoms with Gasteiger partial charge in [0, 0.05) is 22.5 Å². The highest BCUT2D eigenvalue weighted by atomic mass is 35.5. The van der Waals surface area contributed by atoms with Crippen molar-refractivity contribution in [2.45, 2.75) is 69.9 Å². The molecule has 0 aliphatic heterocycles. The number of carbonyl (C=O) groups is 1. The van der Waals surface area contributed by atoms with Crippen molar-refractivity contribution in [3.05, 3.63) is 88.2 Å². The maximum absolute atomic E-state index is 12.6. The maximum Gasteiger partial charge on any atom is 0.329 e. The maximum atomic E-state index is 12.6. The van der Waals surface area contributed by atoms with Crippen LogP contribution in [0.25, 0.3) is 0 Å². The molecule has 2 aliphatic rings. The number of benzene rings is 2. The van der Waals surface area contributed by atoms with E-state index in [0.717, 1.165) is 42.7 Å². The number of aliphatic hydroxyl groups is 1. The highest BCUT2D eigenvalue weighted by Gasteiger charge is 2.54. The summed E-state index contributed by atoms with van der Waals surface area (Å²) in [5.41, 5.74) is 3.97. The van der Waals surface area contributed by atoms with E-state index in [1.165, 1.54) is 11.1 Å². The third-order valence-corrected chi connectivity index (χ3v) is 9.27. The number of nitrogens with zero attached hydrogens (tertiary/aromatic N) is 1. The summed E-state index contributed by atoms with van der Waals surface area (Å²) in [6.45, 7) is 4.63. The molecule has 1 aromatic heterocycles. The monoisotopic (exact) mass is 548 g/mol. The SMILES string of the molecule is Cc1c(OC[C@H](C)C[C@H]2Cc3ccccc3C23CCC(Nc2cccc(Cl)c2)(C(=O)O)CC3)ccnc1CO. The third-order valence-electron chi connectivity index (χ3n) is 9.03. The molecule has 5 rings (SSSR count). The smallest absolute Gasteiger partial charge is 0.329 e. The van der Waals surface area contributed by atoms with E-state index in [0.29, 0.717) is 42.0 Å². The minimum absolute atomic E-state index is 0.0452. The highest BCUT2D eigenvalue weighted by Crippen LogP contribution is 2.56. The molecule has 0 saturated heterocycles. The standard InChI is InChI=1S/C32H37ClN2O4/c1-21(20-39-29-10-15-34-28(19-36)22(29)2)16-24-17-23-6-3-4-9-27(23)31(24)11-13-32(14-12-31,30(37)38)35-26-8-5-7-25(33)18-26/h3-10,15,18,21,24,35-36H,11-14,16-17,19-20H2,1-2H3,(H,37,38)/t21-,24+,31?,32?/m1/s1. The number of hydrogen-bond donors (Lipinski definition) is 3. The molecule has 1 heterocycles. The minimum Gasteiger partial charge on any atom is -0.493 e. The largest absolute Gasteiger partial charge is 0.493 e. The lowest BCUT2D eigenvalue weighted by molar-refractivity contribution is -0.144. The number of anilines is 1. The molecule has 0 unspecified atom stereocenters. The highest BCUT2D eigenvalue weighted by molar-refractivity contribution is 6.30. The molecular weight excluding hydrogens is 512 g/mol. The van der Waals surface area contributed by atoms with Gasteiger partial charge in [0.1, 0.15) is 11.3 Å². The fourth-order valence-corrected chi connectivity index (χ4v) is 7.06. The zero-order valence-corrected chi connectivity index (χ0v) is 23.4. The van der Waals surface area contributed by atoms with Crippen LogP contribution in [0.1, 0.15) is 61.4 Å². The van der Waals surface area contributed by atoms with Crippen LogP contribution in [0.3, 0.4) is 0 Å². The van der Waals surface area contributed by atoms with Crippen molar-refractivity contribution in [1.82, 2.24) is 4.98 Å². The van der Waals surface area contributed by atoms with Crippen LogP contribution in [0.5, 0.6) is 5.75 Å². The summed E-state index contributed by atoms with van der Waals surface area (Å²) in [6.07, 6.45) is 6.39. The van der Waals surface area contributed by atoms with Gasteiger partial charge in [0.25, 0.3) is 0 Å². The number of pyridine rings is 1. The van der Waals surface area contributed by atoms with Crippen LogP contribution in [0.4, 0.5) is 5.69 Å². The van der Waals surface area contributed by atoms with Crippen molar-refractivity contribution < 1.29 is 19.7 Å². The second-order valence-corrected chi connectivity index (χ2v) is 11.9. The van der Waals surface area contributed by atoms with E-state index in [9.17, 15) is 15.0 Å². The minimum atomic E-state index is -1.02. The van der Waals surface area contributed by atoms with Gasteiger partial charge in [0.2, 0.25) is 0 Å². The second kappa shape index (κ2) is 11.2. The van der Waals surface area contributed by atoms with Gasteiger partial charge in [-0.1, -0.05) is 48.9 Å². The number of fused-ring (bicyclic) bond motifs is 2. The molecule has 0 amide bonds. The summed E-state index contributed by atoms with van der Waals surface area (Å²) in [4.78, 5) is 16.9. The van der Waals surface area contributed by atoms with Crippen LogP contribution >= 0.6 is 11.6 Å². The van der Waals surface area contributed by atoms with Gasteiger partial charge in [-0.3, -0.25) is 4.98 Å². The summed E-state index contributed by atoms with van der Waals surface area (Å²) in [5, 5.41) is 23.8. The molecule has 39 heavy (non-hydrogen) atoms. The van der Waals surface area contributed by atoms with Crippen molar-refractivity contribution in [2.75, 3.05) is 11.9 Å². The summed E-state index contributed by atoms with van der Waals surface area (Å²) in [6, 6.07) is 17.9. The van der Waals surface area contributed by atoms with E-state index in [1.807, 2.05) is 25.1 Å². The van der Waals surface area contributed by atoms with Gasteiger partial charge >= 0.3 is 5.97 Å². The van der Waals surface area contributed by atoms with E-state index in [4.69, 9.17) is 16.3 Å². The average Bonchev–Trinajstić information content (AvgIpc) is 3.22. The van der Waals surface area contributed by atoms with Crippen molar-refractivity contribution in [3.63, 3.8) is 0 Å². The first-order valence-corrected chi connectivity index (χ1v) is 14.2. The fraction of sp³-hybridized carbons (Fsp3) is 0.438. The molecule has 2 aliphatic carbocycles. The van der Waals surface area contributed by atoms with Gasteiger partial charge in [-0.25, -0.2) is 4.79 Å². The van der Waals surface area contributed by atoms with Crippen LogP contribution in [0, 0.1) is 18.8 Å². The normalized spacial score (nSPS) is 24.8. The van der Waals surface area contributed by atoms with Gasteiger partial charge in [-0.15, -0.1) is 0 Å². The number of ether oxygens (including phenoxy) is 1. The van der Waals surface area contributed by atoms with E-state index in [1.54, 1.807) is 18.3 Å². The molecule has 2 atom stereocenters. The van der Waals surface area contributed by atoms with Crippen molar-refractivity contribution in [2.24, 2.45) is 11.8 Å². The lowest BCUT2D eigenvalue weighted by Gasteiger charge is -2.47. The topological polar surface area (TPSA) is 91.7 Å². The van der Waals surface area contributed by atoms with Crippen LogP contribution in [0.2, 0.25) is 5.02 Å². The number of aromatic nitrogens is 1. The average molecular weight is 549 g/mol. The Morgan fingerprint density at radius 1 is 1.15 bits per heavy atom. The van der Waals surface area contributed by atoms with Gasteiger partial charge < -0.3 is 20.3 Å². The lowest BCUT2D eigenvalue weighted by atomic mass is 9.59. The van der Waals surface area contributed by atoms with Gasteiger partial charge in [0.15, 0.2) is 0 Å². The Hall–Kier alpha value is -3.09. The zero-order valence-electron chi connectivity index (χ0n) is 22.6. The summed E-state index contributed by atoms with van der Waals surface area (Å²) in [5.74, 6) is 0.679. The van der Waals surface area contributed by atoms with Crippen LogP contribution in [-0.2, 0) is 23.2 Å². The number of aliphatic hydroxyl groups excluding tert-OH is 1. The van der Waals surface area contributed by atoms with E-state index in [-0.39, 0.29) is 12.0 Å². The van der Waals surface area contributed by atoms with Crippen LogP contribution < -0.4 is 10.1 Å². The Balaban J connectivity index is 1.33. The van der Waals surface area contributed by atoms with Crippen molar-refractivity contribution >= 4 is 23.3 Å². The summed E-state index contributed by atoms with van der Waals surface area (Å²) in [7, 11) is 0. The number of nitrogens with one attached hydrogen (secondary N) is 1. The van der Waals surface area contributed by atoms with Crippen molar-refractivity contribution in [1.29, 1.82) is 0 Å². The van der Waals surface area contributed by atoms with Crippen LogP contribution in [0.15, 0.2) is 60.8 Å². The molecule has 3 aromatic rings. The molecule has 3 N–H and O–H groups in total. The van der Waals surface area contributed by atoms with E-state index in [2.05, 4.69) is 41.5 Å². The summed E-state index contributed by atoms with van der Waals surface area (Å²) >= 11 is 6.19. The number of rotatable bonds is 9. The van der Waals surface area contributed by atoms with Crippen LogP contribution in [-0.4, -0.2) is 33.3 Å². The fourth-order valence-electron chi connectivity index (χ4n) is 6.87. The molecule has 6 nitrogen and oxygen atoms in total. The molecule has 2 aromatic carbocycles. The quantitative estimate of drug-likeness (QED) is 0.280. The van der Waals surface area contributed by atoms with Gasteiger partial charge in [-0.05, 0) is 98.1 Å². The number of aliphatic carboxylic acids is 1. The van der Waals surface area contributed by atoms with E-state index < -0.39 is 11.5 Å². The Bertz CT molecular complexity index is 1340. The first kappa shape index (κ1) is 27.5. The second-order valence-electron chi connectivity index (χ2n) is 11.4. The Kier molecular flexibility index (Phi) is 7.88. The van der Waals surface area contributed by atoms with Gasteiger partial charge in [-0.2, -0.15) is 0 Å². The predicted molar refractivity (Wildman–Crippen MR) is 153 cm³/mol. The summed E-state index contributed by atoms with van der Waals surface area (Å²) < 4.78 is 6.20. The Morgan fingerprint density at radius 2 is 1.92 bits per heavy atom. The van der Waals surface area contributed by atoms with Gasteiger partial charge in [0.05, 0.1) is 18.9 Å². The first-order chi connectivity index (χ1) is 18.8. The third kappa shape index (κ3) is 5.37. The Labute approximate surface area is 235 Å². The van der Waals surface area contributed by atoms with Crippen molar-refractivity contribution in [3.8, 4) is 5.75 Å². The van der Waals surface area contributed by atoms with E-state index >= 15 is 0 Å². The molecule has 1 fully saturated rings. The molecule has 7 heteroatoms. The molecule has 1 saturated carbocycles. The number of carboxylic acid groups (broad SMARTS) is 1. The lowest BCUT2D eigenvalue weighted by Crippen LogP contribution is -2.53. The number of hydrogen-bond acceptors (Lipinski definition) is 5. The molecule has 0 radical (unpaired) electrons. The molecular formula is C32H37ClN2O4. The first-order valence-electron chi connectivity index (χ1n) is 13.8. The zero-order chi connectivity index (χ0) is 27.6. The number of halogens is 1. The predicted octanol–water partition coefficient (Wildman–Crippen LogP) is 6.56. The molecule has 1 spiro atoms. The molecule has 206 valence electrons. The Morgan fingerprint density at radius 3 is 2.64 bits per heavy atom. The number of carboxylic acids is 1. The molecule has 0 bridgehead atoms.